The van der Waals surface area contributed by atoms with E-state index >= 15 is 0 Å². The Morgan fingerprint density at radius 1 is 0.952 bits per heavy atom. The van der Waals surface area contributed by atoms with Gasteiger partial charge in [-0.05, 0) is 35.4 Å². The van der Waals surface area contributed by atoms with Crippen LogP contribution in [0.2, 0.25) is 0 Å². The molecule has 2 N–H and O–H groups in total. The van der Waals surface area contributed by atoms with Gasteiger partial charge in [-0.2, -0.15) is 13.6 Å². The van der Waals surface area contributed by atoms with Crippen molar-refractivity contribution in [2.75, 3.05) is 7.11 Å². The van der Waals surface area contributed by atoms with Gasteiger partial charge in [0.25, 0.3) is 0 Å². The first-order chi connectivity index (χ1) is 9.89. The van der Waals surface area contributed by atoms with Crippen molar-refractivity contribution in [2.45, 2.75) is 0 Å². The first kappa shape index (κ1) is 15.0. The predicted molar refractivity (Wildman–Crippen MR) is 77.0 cm³/mol. The number of carbonyl (C=O) groups is 1. The zero-order valence-corrected chi connectivity index (χ0v) is 12.0. The first-order valence-electron chi connectivity index (χ1n) is 5.90. The van der Waals surface area contributed by atoms with Gasteiger partial charge < -0.3 is 8.92 Å². The van der Waals surface area contributed by atoms with E-state index < -0.39 is 16.3 Å². The maximum Gasteiger partial charge on any atom is 0.380 e. The highest BCUT2D eigenvalue weighted by Gasteiger charge is 2.07. The third-order valence-corrected chi connectivity index (χ3v) is 3.13. The van der Waals surface area contributed by atoms with Crippen molar-refractivity contribution in [1.29, 1.82) is 0 Å². The molecular weight excluding hydrogens is 294 g/mol. The van der Waals surface area contributed by atoms with Crippen molar-refractivity contribution in [3.63, 3.8) is 0 Å². The van der Waals surface area contributed by atoms with E-state index in [0.717, 1.165) is 11.1 Å². The SMILES string of the molecule is COC(=O)c1ccc(-c2ccc(OS(N)(=O)=O)cc2)cc1. The van der Waals surface area contributed by atoms with E-state index in [0.29, 0.717) is 5.56 Å². The van der Waals surface area contributed by atoms with Crippen LogP contribution in [0.25, 0.3) is 11.1 Å². The second-order valence-electron chi connectivity index (χ2n) is 4.17. The molecular formula is C14H13NO5S. The topological polar surface area (TPSA) is 95.7 Å². The number of methoxy groups -OCH3 is 1. The fourth-order valence-corrected chi connectivity index (χ4v) is 2.13. The number of benzene rings is 2. The summed E-state index contributed by atoms with van der Waals surface area (Å²) >= 11 is 0. The predicted octanol–water partition coefficient (Wildman–Crippen LogP) is 1.72. The summed E-state index contributed by atoms with van der Waals surface area (Å²) in [7, 11) is -2.70. The average molecular weight is 307 g/mol. The molecule has 0 saturated heterocycles. The van der Waals surface area contributed by atoms with Crippen LogP contribution in [0.1, 0.15) is 10.4 Å². The monoisotopic (exact) mass is 307 g/mol. The van der Waals surface area contributed by atoms with Gasteiger partial charge in [-0.1, -0.05) is 24.3 Å². The number of carbonyl (C=O) groups excluding carboxylic acids is 1. The Morgan fingerprint density at radius 2 is 1.43 bits per heavy atom. The number of nitrogens with two attached hydrogens (primary N) is 1. The Morgan fingerprint density at radius 3 is 1.86 bits per heavy atom. The maximum atomic E-state index is 11.3. The molecule has 2 rings (SSSR count). The lowest BCUT2D eigenvalue weighted by Crippen LogP contribution is -2.18. The maximum absolute atomic E-state index is 11.3. The molecule has 0 aliphatic rings. The van der Waals surface area contributed by atoms with Crippen LogP contribution >= 0.6 is 0 Å². The van der Waals surface area contributed by atoms with Gasteiger partial charge in [0.15, 0.2) is 0 Å². The van der Waals surface area contributed by atoms with Crippen LogP contribution in [-0.2, 0) is 15.0 Å². The average Bonchev–Trinajstić information content (AvgIpc) is 2.46. The van der Waals surface area contributed by atoms with Crippen LogP contribution in [0.4, 0.5) is 0 Å². The zero-order chi connectivity index (χ0) is 15.5. The van der Waals surface area contributed by atoms with Gasteiger partial charge in [0.05, 0.1) is 12.7 Å². The lowest BCUT2D eigenvalue weighted by molar-refractivity contribution is 0.0600. The van der Waals surface area contributed by atoms with Crippen LogP contribution in [-0.4, -0.2) is 21.5 Å². The molecule has 0 aliphatic heterocycles. The van der Waals surface area contributed by atoms with Crippen LogP contribution in [0.3, 0.4) is 0 Å². The number of esters is 1. The van der Waals surface area contributed by atoms with Gasteiger partial charge in [0.2, 0.25) is 0 Å². The third kappa shape index (κ3) is 4.04. The normalized spacial score (nSPS) is 11.0. The summed E-state index contributed by atoms with van der Waals surface area (Å²) < 4.78 is 30.8. The van der Waals surface area contributed by atoms with Gasteiger partial charge in [0.1, 0.15) is 5.75 Å². The lowest BCUT2D eigenvalue weighted by atomic mass is 10.0. The van der Waals surface area contributed by atoms with E-state index in [1.54, 1.807) is 36.4 Å². The molecule has 0 bridgehead atoms. The summed E-state index contributed by atoms with van der Waals surface area (Å²) in [5, 5.41) is 4.78. The van der Waals surface area contributed by atoms with E-state index in [2.05, 4.69) is 8.92 Å². The van der Waals surface area contributed by atoms with Crippen LogP contribution < -0.4 is 9.32 Å². The van der Waals surface area contributed by atoms with Crippen molar-refractivity contribution in [1.82, 2.24) is 0 Å². The summed E-state index contributed by atoms with van der Waals surface area (Å²) in [6.07, 6.45) is 0. The third-order valence-electron chi connectivity index (χ3n) is 2.71. The minimum atomic E-state index is -4.02. The van der Waals surface area contributed by atoms with Crippen molar-refractivity contribution in [2.24, 2.45) is 5.14 Å². The smallest absolute Gasteiger partial charge is 0.380 e. The molecule has 2 aromatic carbocycles. The molecule has 0 fully saturated rings. The number of ether oxygens (including phenoxy) is 1. The fourth-order valence-electron chi connectivity index (χ4n) is 1.75. The van der Waals surface area contributed by atoms with E-state index in [9.17, 15) is 13.2 Å². The Bertz CT molecular complexity index is 736. The van der Waals surface area contributed by atoms with Crippen molar-refractivity contribution in [3.05, 3.63) is 54.1 Å². The summed E-state index contributed by atoms with van der Waals surface area (Å²) in [6, 6.07) is 13.2. The second-order valence-corrected chi connectivity index (χ2v) is 5.32. The van der Waals surface area contributed by atoms with Gasteiger partial charge in [-0.15, -0.1) is 0 Å². The molecule has 0 heterocycles. The first-order valence-corrected chi connectivity index (χ1v) is 7.37. The molecule has 0 atom stereocenters. The van der Waals surface area contributed by atoms with Crippen LogP contribution in [0, 0.1) is 0 Å². The highest BCUT2D eigenvalue weighted by atomic mass is 32.2. The molecule has 0 unspecified atom stereocenters. The Balaban J connectivity index is 2.21. The van der Waals surface area contributed by atoms with Crippen molar-refractivity contribution >= 4 is 16.3 Å². The van der Waals surface area contributed by atoms with E-state index in [4.69, 9.17) is 5.14 Å². The van der Waals surface area contributed by atoms with Crippen LogP contribution in [0.5, 0.6) is 5.75 Å². The molecule has 7 heteroatoms. The summed E-state index contributed by atoms with van der Waals surface area (Å²) in [4.78, 5) is 11.3. The highest BCUT2D eigenvalue weighted by Crippen LogP contribution is 2.23. The van der Waals surface area contributed by atoms with E-state index in [1.807, 2.05) is 0 Å². The second kappa shape index (κ2) is 5.94. The molecule has 110 valence electrons. The van der Waals surface area contributed by atoms with Gasteiger partial charge in [0, 0.05) is 0 Å². The van der Waals surface area contributed by atoms with Gasteiger partial charge in [-0.25, -0.2) is 4.79 Å². The lowest BCUT2D eigenvalue weighted by Gasteiger charge is -2.05. The highest BCUT2D eigenvalue weighted by molar-refractivity contribution is 7.84. The minimum Gasteiger partial charge on any atom is -0.465 e. The Kier molecular flexibility index (Phi) is 4.25. The van der Waals surface area contributed by atoms with Crippen molar-refractivity contribution < 1.29 is 22.1 Å². The Labute approximate surface area is 122 Å². The standard InChI is InChI=1S/C14H13NO5S/c1-19-14(16)12-4-2-10(3-5-12)11-6-8-13(9-7-11)20-21(15,17)18/h2-9H,1H3,(H2,15,17,18). The van der Waals surface area contributed by atoms with Crippen molar-refractivity contribution in [3.8, 4) is 16.9 Å². The summed E-state index contributed by atoms with van der Waals surface area (Å²) in [6.45, 7) is 0. The molecule has 0 spiro atoms. The number of rotatable bonds is 4. The summed E-state index contributed by atoms with van der Waals surface area (Å²) in [5.41, 5.74) is 2.16. The number of hydrogen-bond donors (Lipinski definition) is 1. The molecule has 0 aromatic heterocycles. The Hall–Kier alpha value is -2.38. The zero-order valence-electron chi connectivity index (χ0n) is 11.1. The van der Waals surface area contributed by atoms with E-state index in [1.165, 1.54) is 19.2 Å². The number of hydrogen-bond acceptors (Lipinski definition) is 5. The van der Waals surface area contributed by atoms with Gasteiger partial charge in [-0.3, -0.25) is 0 Å². The summed E-state index contributed by atoms with van der Waals surface area (Å²) in [5.74, 6) is -0.272. The van der Waals surface area contributed by atoms with E-state index in [-0.39, 0.29) is 5.75 Å². The molecule has 21 heavy (non-hydrogen) atoms. The molecule has 0 amide bonds. The molecule has 0 radical (unpaired) electrons. The fraction of sp³-hybridized carbons (Fsp3) is 0.0714. The van der Waals surface area contributed by atoms with Gasteiger partial charge >= 0.3 is 16.3 Å². The van der Waals surface area contributed by atoms with Crippen LogP contribution in [0.15, 0.2) is 48.5 Å². The quantitative estimate of drug-likeness (QED) is 0.868. The molecule has 0 aliphatic carbocycles. The molecule has 2 aromatic rings. The largest absolute Gasteiger partial charge is 0.465 e. The molecule has 6 nitrogen and oxygen atoms in total. The minimum absolute atomic E-state index is 0.132. The molecule has 0 saturated carbocycles.